The molecule has 46 heavy (non-hydrogen) atoms. The molecule has 0 saturated heterocycles. The fourth-order valence-corrected chi connectivity index (χ4v) is 7.65. The van der Waals surface area contributed by atoms with Crippen LogP contribution in [-0.4, -0.2) is 14.5 Å². The Morgan fingerprint density at radius 1 is 0.478 bits per heavy atom. The summed E-state index contributed by atoms with van der Waals surface area (Å²) in [5.41, 5.74) is 8.85. The number of aromatic nitrogens is 3. The number of para-hydroxylation sites is 2. The highest BCUT2D eigenvalue weighted by Gasteiger charge is 2.27. The third kappa shape index (κ3) is 4.47. The first-order valence-corrected chi connectivity index (χ1v) is 16.3. The first-order valence-electron chi connectivity index (χ1n) is 15.1. The van der Waals surface area contributed by atoms with Crippen molar-refractivity contribution in [3.05, 3.63) is 157 Å². The highest BCUT2D eigenvalue weighted by atomic mass is 35.5. The van der Waals surface area contributed by atoms with Gasteiger partial charge >= 0.3 is 0 Å². The molecule has 218 valence electrons. The summed E-state index contributed by atoms with van der Waals surface area (Å²) >= 11 is 8.61. The van der Waals surface area contributed by atoms with Gasteiger partial charge in [0, 0.05) is 26.6 Å². The zero-order chi connectivity index (χ0) is 30.6. The first kappa shape index (κ1) is 27.0. The normalized spacial score (nSPS) is 12.3. The number of halogens is 1. The molecule has 0 fully saturated rings. The Bertz CT molecular complexity index is 2280. The Morgan fingerprint density at radius 3 is 1.52 bits per heavy atom. The van der Waals surface area contributed by atoms with E-state index in [0.29, 0.717) is 16.9 Å². The van der Waals surface area contributed by atoms with E-state index < -0.39 is 0 Å². The van der Waals surface area contributed by atoms with Gasteiger partial charge in [-0.25, -0.2) is 4.98 Å². The highest BCUT2D eigenvalue weighted by molar-refractivity contribution is 7.99. The maximum Gasteiger partial charge on any atom is 0.238 e. The van der Waals surface area contributed by atoms with Crippen molar-refractivity contribution in [2.45, 2.75) is 9.79 Å². The van der Waals surface area contributed by atoms with Gasteiger partial charge in [0.2, 0.25) is 5.95 Å². The minimum absolute atomic E-state index is 0.380. The van der Waals surface area contributed by atoms with Gasteiger partial charge in [-0.1, -0.05) is 120 Å². The van der Waals surface area contributed by atoms with Crippen LogP contribution in [0.3, 0.4) is 0 Å². The number of anilines is 3. The van der Waals surface area contributed by atoms with E-state index in [4.69, 9.17) is 21.6 Å². The van der Waals surface area contributed by atoms with Crippen molar-refractivity contribution in [1.29, 1.82) is 0 Å². The summed E-state index contributed by atoms with van der Waals surface area (Å²) in [6.07, 6.45) is 0. The molecule has 6 aromatic carbocycles. The van der Waals surface area contributed by atoms with Crippen molar-refractivity contribution in [3.8, 4) is 28.1 Å². The maximum absolute atomic E-state index is 6.86. The second-order valence-electron chi connectivity index (χ2n) is 11.3. The second kappa shape index (κ2) is 10.9. The second-order valence-corrected chi connectivity index (χ2v) is 12.7. The summed E-state index contributed by atoms with van der Waals surface area (Å²) in [5.74, 6) is 1.24. The van der Waals surface area contributed by atoms with Crippen LogP contribution in [0.25, 0.3) is 49.9 Å². The van der Waals surface area contributed by atoms with Crippen LogP contribution in [0.2, 0.25) is 5.15 Å². The molecular formula is C40H25ClN4S. The fraction of sp³-hybridized carbons (Fsp3) is 0. The lowest BCUT2D eigenvalue weighted by atomic mass is 10.0. The van der Waals surface area contributed by atoms with Crippen LogP contribution in [0.1, 0.15) is 0 Å². The predicted octanol–water partition coefficient (Wildman–Crippen LogP) is 11.5. The van der Waals surface area contributed by atoms with E-state index in [1.165, 1.54) is 11.1 Å². The number of benzene rings is 6. The summed E-state index contributed by atoms with van der Waals surface area (Å²) in [7, 11) is 0. The summed E-state index contributed by atoms with van der Waals surface area (Å²) in [6, 6.07) is 52.9. The minimum atomic E-state index is 0.380. The number of fused-ring (bicyclic) bond motifs is 5. The van der Waals surface area contributed by atoms with E-state index in [1.54, 1.807) is 11.8 Å². The standard InChI is InChI=1S/C40H25ClN4S/c41-38-25-39(43-40(42-38)45-34-15-7-9-17-36(34)46-37-18-10-8-16-35(37)45)44-32-21-19-28(26-11-3-1-4-12-26)23-30(32)31-24-29(20-22-33(31)44)27-13-5-2-6-14-27/h1-25H. The zero-order valence-electron chi connectivity index (χ0n) is 24.5. The van der Waals surface area contributed by atoms with Gasteiger partial charge in [-0.05, 0) is 70.8 Å². The van der Waals surface area contributed by atoms with Crippen molar-refractivity contribution in [2.24, 2.45) is 0 Å². The SMILES string of the molecule is Clc1cc(-n2c3ccc(-c4ccccc4)cc3c3cc(-c4ccccc4)ccc32)nc(N2c3ccccc3Sc3ccccc32)n1. The lowest BCUT2D eigenvalue weighted by Crippen LogP contribution is -2.18. The average molecular weight is 629 g/mol. The van der Waals surface area contributed by atoms with Crippen molar-refractivity contribution in [3.63, 3.8) is 0 Å². The largest absolute Gasteiger partial charge is 0.294 e. The van der Waals surface area contributed by atoms with Crippen molar-refractivity contribution >= 4 is 62.5 Å². The van der Waals surface area contributed by atoms with E-state index in [9.17, 15) is 0 Å². The van der Waals surface area contributed by atoms with Crippen LogP contribution in [0, 0.1) is 0 Å². The van der Waals surface area contributed by atoms with E-state index >= 15 is 0 Å². The molecule has 1 aliphatic rings. The average Bonchev–Trinajstić information content (AvgIpc) is 3.44. The monoisotopic (exact) mass is 628 g/mol. The molecule has 0 N–H and O–H groups in total. The van der Waals surface area contributed by atoms with Gasteiger partial charge in [0.1, 0.15) is 11.0 Å². The molecule has 6 heteroatoms. The maximum atomic E-state index is 6.86. The van der Waals surface area contributed by atoms with Crippen LogP contribution in [-0.2, 0) is 0 Å². The van der Waals surface area contributed by atoms with Gasteiger partial charge in [-0.3, -0.25) is 9.47 Å². The quantitative estimate of drug-likeness (QED) is 0.182. The molecule has 1 aliphatic heterocycles. The summed E-state index contributed by atoms with van der Waals surface area (Å²) in [5, 5.41) is 2.68. The molecule has 0 amide bonds. The van der Waals surface area contributed by atoms with Crippen LogP contribution in [0.15, 0.2) is 161 Å². The van der Waals surface area contributed by atoms with Gasteiger partial charge in [0.15, 0.2) is 0 Å². The van der Waals surface area contributed by atoms with Gasteiger partial charge in [-0.15, -0.1) is 0 Å². The molecular weight excluding hydrogens is 604 g/mol. The lowest BCUT2D eigenvalue weighted by molar-refractivity contribution is 0.993. The molecule has 0 aliphatic carbocycles. The molecule has 0 saturated carbocycles. The molecule has 3 heterocycles. The number of hydrogen-bond donors (Lipinski definition) is 0. The van der Waals surface area contributed by atoms with Crippen LogP contribution < -0.4 is 4.90 Å². The molecule has 0 bridgehead atoms. The number of nitrogens with zero attached hydrogens (tertiary/aromatic N) is 4. The zero-order valence-corrected chi connectivity index (χ0v) is 26.1. The molecule has 2 aromatic heterocycles. The minimum Gasteiger partial charge on any atom is -0.294 e. The summed E-state index contributed by atoms with van der Waals surface area (Å²) in [6.45, 7) is 0. The van der Waals surface area contributed by atoms with E-state index in [0.717, 1.165) is 54.1 Å². The lowest BCUT2D eigenvalue weighted by Gasteiger charge is -2.31. The number of rotatable bonds is 4. The first-order chi connectivity index (χ1) is 22.7. The molecule has 4 nitrogen and oxygen atoms in total. The molecule has 9 rings (SSSR count). The van der Waals surface area contributed by atoms with Crippen molar-refractivity contribution < 1.29 is 0 Å². The smallest absolute Gasteiger partial charge is 0.238 e. The third-order valence-corrected chi connectivity index (χ3v) is 9.83. The van der Waals surface area contributed by atoms with E-state index in [2.05, 4.69) is 131 Å². The van der Waals surface area contributed by atoms with E-state index in [-0.39, 0.29) is 0 Å². The molecule has 0 spiro atoms. The van der Waals surface area contributed by atoms with Gasteiger partial charge < -0.3 is 0 Å². The Morgan fingerprint density at radius 2 is 0.978 bits per heavy atom. The fourth-order valence-electron chi connectivity index (χ4n) is 6.42. The van der Waals surface area contributed by atoms with Crippen LogP contribution in [0.5, 0.6) is 0 Å². The molecule has 0 unspecified atom stereocenters. The van der Waals surface area contributed by atoms with Crippen LogP contribution >= 0.6 is 23.4 Å². The topological polar surface area (TPSA) is 34.0 Å². The Kier molecular flexibility index (Phi) is 6.40. The third-order valence-electron chi connectivity index (χ3n) is 8.51. The van der Waals surface area contributed by atoms with Gasteiger partial charge in [0.05, 0.1) is 22.4 Å². The van der Waals surface area contributed by atoms with Crippen LogP contribution in [0.4, 0.5) is 17.3 Å². The van der Waals surface area contributed by atoms with Gasteiger partial charge in [0.25, 0.3) is 0 Å². The predicted molar refractivity (Wildman–Crippen MR) is 191 cm³/mol. The van der Waals surface area contributed by atoms with Crippen molar-refractivity contribution in [2.75, 3.05) is 4.90 Å². The highest BCUT2D eigenvalue weighted by Crippen LogP contribution is 2.50. The Balaban J connectivity index is 1.29. The molecule has 0 atom stereocenters. The number of hydrogen-bond acceptors (Lipinski definition) is 4. The summed E-state index contributed by atoms with van der Waals surface area (Å²) in [4.78, 5) is 14.4. The molecule has 0 radical (unpaired) electrons. The molecule has 8 aromatic rings. The van der Waals surface area contributed by atoms with Crippen molar-refractivity contribution in [1.82, 2.24) is 14.5 Å². The van der Waals surface area contributed by atoms with E-state index in [1.807, 2.05) is 30.3 Å². The van der Waals surface area contributed by atoms with Gasteiger partial charge in [-0.2, -0.15) is 4.98 Å². The Hall–Kier alpha value is -5.36. The summed E-state index contributed by atoms with van der Waals surface area (Å²) < 4.78 is 2.21. The Labute approximate surface area is 275 Å².